The number of carbonyl (C=O) groups is 2. The van der Waals surface area contributed by atoms with Crippen LogP contribution in [0.25, 0.3) is 0 Å². The van der Waals surface area contributed by atoms with E-state index in [2.05, 4.69) is 17.6 Å². The Balaban J connectivity index is 1.76. The Morgan fingerprint density at radius 2 is 2.04 bits per heavy atom. The van der Waals surface area contributed by atoms with Crippen molar-refractivity contribution in [2.45, 2.75) is 26.2 Å². The zero-order valence-electron chi connectivity index (χ0n) is 13.3. The van der Waals surface area contributed by atoms with Gasteiger partial charge in [-0.3, -0.25) is 9.59 Å². The molecule has 23 heavy (non-hydrogen) atoms. The predicted octanol–water partition coefficient (Wildman–Crippen LogP) is 3.48. The van der Waals surface area contributed by atoms with E-state index >= 15 is 0 Å². The van der Waals surface area contributed by atoms with Gasteiger partial charge in [-0.05, 0) is 55.0 Å². The summed E-state index contributed by atoms with van der Waals surface area (Å²) in [4.78, 5) is 26.2. The van der Waals surface area contributed by atoms with Crippen molar-refractivity contribution in [2.75, 3.05) is 12.4 Å². The molecule has 1 aromatic carbocycles. The average molecular weight is 328 g/mol. The van der Waals surface area contributed by atoms with Crippen molar-refractivity contribution in [3.8, 4) is 0 Å². The van der Waals surface area contributed by atoms with Gasteiger partial charge >= 0.3 is 0 Å². The third kappa shape index (κ3) is 3.45. The predicted molar refractivity (Wildman–Crippen MR) is 93.3 cm³/mol. The van der Waals surface area contributed by atoms with Crippen LogP contribution in [0.5, 0.6) is 0 Å². The molecule has 0 radical (unpaired) electrons. The number of amides is 2. The molecule has 1 atom stereocenters. The summed E-state index contributed by atoms with van der Waals surface area (Å²) >= 11 is 1.59. The van der Waals surface area contributed by atoms with Gasteiger partial charge in [0.2, 0.25) is 0 Å². The fourth-order valence-corrected chi connectivity index (χ4v) is 4.00. The van der Waals surface area contributed by atoms with Gasteiger partial charge in [0, 0.05) is 23.2 Å². The molecule has 2 amide bonds. The van der Waals surface area contributed by atoms with E-state index in [-0.39, 0.29) is 11.8 Å². The summed E-state index contributed by atoms with van der Waals surface area (Å²) in [6, 6.07) is 8.99. The largest absolute Gasteiger partial charge is 0.355 e. The Labute approximate surface area is 139 Å². The van der Waals surface area contributed by atoms with Gasteiger partial charge in [-0.1, -0.05) is 13.0 Å². The molecule has 1 heterocycles. The molecule has 5 heteroatoms. The van der Waals surface area contributed by atoms with Crippen LogP contribution >= 0.6 is 11.3 Å². The number of anilines is 1. The standard InChI is InChI=1S/C18H20N2O2S/c1-11-6-7-15-13(8-11)10-16(23-15)18(22)20-14-5-3-4-12(9-14)17(21)19-2/h3-5,9-11H,6-8H2,1-2H3,(H,19,21)(H,20,22). The molecule has 2 aromatic rings. The van der Waals surface area contributed by atoms with Crippen molar-refractivity contribution in [1.29, 1.82) is 0 Å². The quantitative estimate of drug-likeness (QED) is 0.906. The van der Waals surface area contributed by atoms with Gasteiger partial charge < -0.3 is 10.6 Å². The Kier molecular flexibility index (Phi) is 4.48. The molecule has 0 saturated heterocycles. The van der Waals surface area contributed by atoms with Gasteiger partial charge in [0.15, 0.2) is 0 Å². The summed E-state index contributed by atoms with van der Waals surface area (Å²) in [5.74, 6) is 0.421. The first-order chi connectivity index (χ1) is 11.1. The normalized spacial score (nSPS) is 16.5. The van der Waals surface area contributed by atoms with Gasteiger partial charge in [-0.15, -0.1) is 11.3 Å². The maximum Gasteiger partial charge on any atom is 0.265 e. The van der Waals surface area contributed by atoms with Crippen molar-refractivity contribution >= 4 is 28.8 Å². The summed E-state index contributed by atoms with van der Waals surface area (Å²) in [7, 11) is 1.59. The Morgan fingerprint density at radius 1 is 1.22 bits per heavy atom. The SMILES string of the molecule is CNC(=O)c1cccc(NC(=O)c2cc3c(s2)CCC(C)C3)c1. The molecular weight excluding hydrogens is 308 g/mol. The lowest BCUT2D eigenvalue weighted by molar-refractivity contribution is 0.0961. The summed E-state index contributed by atoms with van der Waals surface area (Å²) in [5, 5.41) is 5.47. The van der Waals surface area contributed by atoms with Crippen molar-refractivity contribution in [3.05, 3.63) is 51.2 Å². The number of hydrogen-bond donors (Lipinski definition) is 2. The molecule has 0 fully saturated rings. The zero-order valence-corrected chi connectivity index (χ0v) is 14.1. The molecule has 0 saturated carbocycles. The number of benzene rings is 1. The molecule has 0 bridgehead atoms. The third-order valence-corrected chi connectivity index (χ3v) is 5.40. The first-order valence-corrected chi connectivity index (χ1v) is 8.63. The molecule has 120 valence electrons. The summed E-state index contributed by atoms with van der Waals surface area (Å²) in [5.41, 5.74) is 2.48. The molecule has 1 aliphatic carbocycles. The first-order valence-electron chi connectivity index (χ1n) is 7.82. The second-order valence-corrected chi connectivity index (χ2v) is 7.16. The van der Waals surface area contributed by atoms with Crippen LogP contribution in [0.15, 0.2) is 30.3 Å². The van der Waals surface area contributed by atoms with E-state index in [0.29, 0.717) is 17.2 Å². The van der Waals surface area contributed by atoms with E-state index in [1.54, 1.807) is 42.6 Å². The molecule has 1 aromatic heterocycles. The van der Waals surface area contributed by atoms with Gasteiger partial charge in [0.25, 0.3) is 11.8 Å². The highest BCUT2D eigenvalue weighted by Gasteiger charge is 2.20. The lowest BCUT2D eigenvalue weighted by atomic mass is 9.90. The van der Waals surface area contributed by atoms with Crippen LogP contribution in [-0.4, -0.2) is 18.9 Å². The summed E-state index contributed by atoms with van der Waals surface area (Å²) in [6.45, 7) is 2.25. The van der Waals surface area contributed by atoms with Gasteiger partial charge in [0.1, 0.15) is 0 Å². The third-order valence-electron chi connectivity index (χ3n) is 4.16. The molecule has 2 N–H and O–H groups in total. The highest BCUT2D eigenvalue weighted by Crippen LogP contribution is 2.32. The number of carbonyl (C=O) groups excluding carboxylic acids is 2. The second kappa shape index (κ2) is 6.54. The van der Waals surface area contributed by atoms with Crippen LogP contribution in [-0.2, 0) is 12.8 Å². The van der Waals surface area contributed by atoms with Gasteiger partial charge in [-0.2, -0.15) is 0 Å². The van der Waals surface area contributed by atoms with Crippen molar-refractivity contribution in [2.24, 2.45) is 5.92 Å². The monoisotopic (exact) mass is 328 g/mol. The van der Waals surface area contributed by atoms with Crippen LogP contribution in [0.3, 0.4) is 0 Å². The smallest absolute Gasteiger partial charge is 0.265 e. The van der Waals surface area contributed by atoms with E-state index in [4.69, 9.17) is 0 Å². The van der Waals surface area contributed by atoms with Crippen LogP contribution < -0.4 is 10.6 Å². The van der Waals surface area contributed by atoms with Crippen molar-refractivity contribution in [1.82, 2.24) is 5.32 Å². The number of nitrogens with one attached hydrogen (secondary N) is 2. The molecule has 4 nitrogen and oxygen atoms in total. The summed E-state index contributed by atoms with van der Waals surface area (Å²) in [6.07, 6.45) is 3.33. The van der Waals surface area contributed by atoms with E-state index in [0.717, 1.165) is 17.7 Å². The van der Waals surface area contributed by atoms with Crippen LogP contribution in [0.1, 0.15) is 43.8 Å². The molecule has 0 aliphatic heterocycles. The van der Waals surface area contributed by atoms with Crippen LogP contribution in [0, 0.1) is 5.92 Å². The van der Waals surface area contributed by atoms with Gasteiger partial charge in [-0.25, -0.2) is 0 Å². The van der Waals surface area contributed by atoms with E-state index < -0.39 is 0 Å². The fourth-order valence-electron chi connectivity index (χ4n) is 2.89. The average Bonchev–Trinajstić information content (AvgIpc) is 2.97. The number of aryl methyl sites for hydroxylation is 1. The minimum absolute atomic E-state index is 0.105. The molecule has 1 unspecified atom stereocenters. The first kappa shape index (κ1) is 15.7. The fraction of sp³-hybridized carbons (Fsp3) is 0.333. The second-order valence-electron chi connectivity index (χ2n) is 6.02. The maximum absolute atomic E-state index is 12.5. The van der Waals surface area contributed by atoms with Gasteiger partial charge in [0.05, 0.1) is 4.88 Å². The topological polar surface area (TPSA) is 58.2 Å². The zero-order chi connectivity index (χ0) is 16.4. The van der Waals surface area contributed by atoms with Crippen molar-refractivity contribution in [3.63, 3.8) is 0 Å². The lowest BCUT2D eigenvalue weighted by Gasteiger charge is -2.16. The minimum atomic E-state index is -0.165. The highest BCUT2D eigenvalue weighted by molar-refractivity contribution is 7.14. The van der Waals surface area contributed by atoms with E-state index in [9.17, 15) is 9.59 Å². The van der Waals surface area contributed by atoms with Crippen LogP contribution in [0.2, 0.25) is 0 Å². The maximum atomic E-state index is 12.5. The molecule has 3 rings (SSSR count). The Bertz CT molecular complexity index is 751. The number of rotatable bonds is 3. The Hall–Kier alpha value is -2.14. The summed E-state index contributed by atoms with van der Waals surface area (Å²) < 4.78 is 0. The van der Waals surface area contributed by atoms with Crippen molar-refractivity contribution < 1.29 is 9.59 Å². The van der Waals surface area contributed by atoms with E-state index in [1.807, 2.05) is 6.07 Å². The number of hydrogen-bond acceptors (Lipinski definition) is 3. The van der Waals surface area contributed by atoms with E-state index in [1.165, 1.54) is 16.9 Å². The molecule has 0 spiro atoms. The highest BCUT2D eigenvalue weighted by atomic mass is 32.1. The van der Waals surface area contributed by atoms with Crippen LogP contribution in [0.4, 0.5) is 5.69 Å². The Morgan fingerprint density at radius 3 is 2.83 bits per heavy atom. The minimum Gasteiger partial charge on any atom is -0.355 e. The lowest BCUT2D eigenvalue weighted by Crippen LogP contribution is -2.18. The number of thiophene rings is 1. The molecule has 1 aliphatic rings. The molecular formula is C18H20N2O2S. The number of fused-ring (bicyclic) bond motifs is 1.